The fraction of sp³-hybridized carbons (Fsp3) is 0.129. The van der Waals surface area contributed by atoms with E-state index in [0.717, 1.165) is 31.2 Å². The van der Waals surface area contributed by atoms with Crippen molar-refractivity contribution < 1.29 is 9.59 Å². The molecule has 0 bridgehead atoms. The Hall–Kier alpha value is -3.94. The lowest BCUT2D eigenvalue weighted by Crippen LogP contribution is -2.34. The molecule has 0 spiro atoms. The van der Waals surface area contributed by atoms with Gasteiger partial charge < -0.3 is 10.6 Å². The maximum atomic E-state index is 13.3. The van der Waals surface area contributed by atoms with Crippen molar-refractivity contribution in [1.29, 1.82) is 0 Å². The molecule has 1 unspecified atom stereocenters. The molecule has 0 aliphatic heterocycles. The van der Waals surface area contributed by atoms with Crippen molar-refractivity contribution in [2.24, 2.45) is 0 Å². The van der Waals surface area contributed by atoms with Crippen molar-refractivity contribution in [1.82, 2.24) is 10.3 Å². The highest BCUT2D eigenvalue weighted by molar-refractivity contribution is 8.02. The number of nitrogens with zero attached hydrogens (tertiary/aromatic N) is 1. The van der Waals surface area contributed by atoms with E-state index in [2.05, 4.69) is 10.6 Å². The third-order valence-electron chi connectivity index (χ3n) is 6.22. The van der Waals surface area contributed by atoms with Crippen molar-refractivity contribution in [2.75, 3.05) is 5.32 Å². The van der Waals surface area contributed by atoms with Crippen LogP contribution in [0.1, 0.15) is 40.0 Å². The van der Waals surface area contributed by atoms with Crippen LogP contribution >= 0.6 is 23.1 Å². The number of carbonyl (C=O) groups is 2. The zero-order valence-corrected chi connectivity index (χ0v) is 22.7. The maximum Gasteiger partial charge on any atom is 0.255 e. The molecule has 2 N–H and O–H groups in total. The number of aromatic nitrogens is 1. The zero-order valence-electron chi connectivity index (χ0n) is 21.0. The fourth-order valence-electron chi connectivity index (χ4n) is 4.17. The molecule has 0 saturated carbocycles. The quantitative estimate of drug-likeness (QED) is 0.205. The highest BCUT2D eigenvalue weighted by Gasteiger charge is 2.22. The standard InChI is InChI=1S/C31H27N3O2S2/c1-20-11-9-10-16-25(20)30(36)32-24-17-18-26-27(19-24)38-31(33-26)37-21(2)29(35)34-28(22-12-5-3-6-13-22)23-14-7-4-8-15-23/h3-19,21,28H,1-2H3,(H,32,36)(H,34,35). The molecule has 7 heteroatoms. The molecule has 2 amide bonds. The first-order chi connectivity index (χ1) is 18.5. The summed E-state index contributed by atoms with van der Waals surface area (Å²) < 4.78 is 1.76. The number of nitrogens with one attached hydrogen (secondary N) is 2. The second kappa shape index (κ2) is 11.6. The van der Waals surface area contributed by atoms with Gasteiger partial charge in [-0.2, -0.15) is 0 Å². The van der Waals surface area contributed by atoms with Crippen molar-refractivity contribution in [3.8, 4) is 0 Å². The van der Waals surface area contributed by atoms with Gasteiger partial charge in [-0.3, -0.25) is 9.59 Å². The Kier molecular flexibility index (Phi) is 7.86. The Morgan fingerprint density at radius 2 is 1.47 bits per heavy atom. The van der Waals surface area contributed by atoms with Gasteiger partial charge >= 0.3 is 0 Å². The van der Waals surface area contributed by atoms with Crippen molar-refractivity contribution in [2.45, 2.75) is 29.5 Å². The average molecular weight is 538 g/mol. The van der Waals surface area contributed by atoms with E-state index in [9.17, 15) is 9.59 Å². The topological polar surface area (TPSA) is 71.1 Å². The number of rotatable bonds is 8. The molecule has 1 atom stereocenters. The smallest absolute Gasteiger partial charge is 0.255 e. The number of anilines is 1. The normalized spacial score (nSPS) is 11.9. The molecule has 5 nitrogen and oxygen atoms in total. The number of aryl methyl sites for hydroxylation is 1. The van der Waals surface area contributed by atoms with Crippen molar-refractivity contribution in [3.63, 3.8) is 0 Å². The first-order valence-electron chi connectivity index (χ1n) is 12.3. The number of amides is 2. The van der Waals surface area contributed by atoms with Crippen LogP contribution in [0.3, 0.4) is 0 Å². The lowest BCUT2D eigenvalue weighted by Gasteiger charge is -2.21. The number of hydrogen-bond acceptors (Lipinski definition) is 5. The van der Waals surface area contributed by atoms with Crippen LogP contribution in [0.2, 0.25) is 0 Å². The van der Waals surface area contributed by atoms with E-state index in [-0.39, 0.29) is 23.1 Å². The summed E-state index contributed by atoms with van der Waals surface area (Å²) >= 11 is 2.95. The van der Waals surface area contributed by atoms with Gasteiger partial charge in [0.1, 0.15) is 0 Å². The van der Waals surface area contributed by atoms with E-state index in [1.165, 1.54) is 23.1 Å². The molecule has 38 heavy (non-hydrogen) atoms. The van der Waals surface area contributed by atoms with E-state index in [1.807, 2.05) is 117 Å². The Labute approximate surface area is 230 Å². The lowest BCUT2D eigenvalue weighted by molar-refractivity contribution is -0.120. The Morgan fingerprint density at radius 1 is 0.842 bits per heavy atom. The summed E-state index contributed by atoms with van der Waals surface area (Å²) in [6.45, 7) is 3.82. The molecule has 1 heterocycles. The van der Waals surface area contributed by atoms with Gasteiger partial charge in [-0.05, 0) is 54.8 Å². The van der Waals surface area contributed by atoms with Crippen LogP contribution in [-0.2, 0) is 4.79 Å². The summed E-state index contributed by atoms with van der Waals surface area (Å²) in [5.41, 5.74) is 5.19. The first-order valence-corrected chi connectivity index (χ1v) is 14.0. The summed E-state index contributed by atoms with van der Waals surface area (Å²) in [5, 5.41) is 5.86. The second-order valence-electron chi connectivity index (χ2n) is 8.95. The van der Waals surface area contributed by atoms with E-state index in [0.29, 0.717) is 11.3 Å². The van der Waals surface area contributed by atoms with Crippen LogP contribution < -0.4 is 10.6 Å². The van der Waals surface area contributed by atoms with Crippen molar-refractivity contribution >= 4 is 50.8 Å². The highest BCUT2D eigenvalue weighted by atomic mass is 32.2. The minimum absolute atomic E-state index is 0.0573. The number of benzene rings is 4. The molecule has 0 radical (unpaired) electrons. The largest absolute Gasteiger partial charge is 0.344 e. The third kappa shape index (κ3) is 5.96. The minimum Gasteiger partial charge on any atom is -0.344 e. The van der Waals surface area contributed by atoms with Crippen LogP contribution in [-0.4, -0.2) is 22.0 Å². The Balaban J connectivity index is 1.28. The summed E-state index contributed by atoms with van der Waals surface area (Å²) in [4.78, 5) is 30.7. The van der Waals surface area contributed by atoms with E-state index < -0.39 is 0 Å². The van der Waals surface area contributed by atoms with Crippen LogP contribution in [0.5, 0.6) is 0 Å². The molecule has 0 aliphatic rings. The van der Waals surface area contributed by atoms with Gasteiger partial charge in [0, 0.05) is 11.3 Å². The summed E-state index contributed by atoms with van der Waals surface area (Å²) in [5.74, 6) is -0.198. The third-order valence-corrected chi connectivity index (χ3v) is 8.43. The summed E-state index contributed by atoms with van der Waals surface area (Å²) in [6.07, 6.45) is 0. The predicted molar refractivity (Wildman–Crippen MR) is 157 cm³/mol. The minimum atomic E-state index is -0.342. The van der Waals surface area contributed by atoms with Gasteiger partial charge in [0.2, 0.25) is 5.91 Å². The number of fused-ring (bicyclic) bond motifs is 1. The van der Waals surface area contributed by atoms with Gasteiger partial charge in [-0.1, -0.05) is 90.6 Å². The van der Waals surface area contributed by atoms with Gasteiger partial charge in [0.25, 0.3) is 5.91 Å². The number of hydrogen-bond donors (Lipinski definition) is 2. The highest BCUT2D eigenvalue weighted by Crippen LogP contribution is 2.34. The molecular weight excluding hydrogens is 510 g/mol. The molecule has 0 aliphatic carbocycles. The average Bonchev–Trinajstić information content (AvgIpc) is 3.34. The molecule has 0 fully saturated rings. The molecule has 1 aromatic heterocycles. The van der Waals surface area contributed by atoms with Crippen LogP contribution in [0.25, 0.3) is 10.2 Å². The molecular formula is C31H27N3O2S2. The molecule has 190 valence electrons. The van der Waals surface area contributed by atoms with Gasteiger partial charge in [0.15, 0.2) is 4.34 Å². The monoisotopic (exact) mass is 537 g/mol. The second-order valence-corrected chi connectivity index (χ2v) is 11.6. The predicted octanol–water partition coefficient (Wildman–Crippen LogP) is 7.24. The number of carbonyl (C=O) groups excluding carboxylic acids is 2. The summed E-state index contributed by atoms with van der Waals surface area (Å²) in [6, 6.07) is 32.9. The van der Waals surface area contributed by atoms with Crippen molar-refractivity contribution in [3.05, 3.63) is 125 Å². The van der Waals surface area contributed by atoms with E-state index in [1.54, 1.807) is 0 Å². The first kappa shape index (κ1) is 25.7. The summed E-state index contributed by atoms with van der Waals surface area (Å²) in [7, 11) is 0. The maximum absolute atomic E-state index is 13.3. The number of thiazole rings is 1. The van der Waals surface area contributed by atoms with Crippen LogP contribution in [0, 0.1) is 6.92 Å². The molecule has 4 aromatic carbocycles. The SMILES string of the molecule is Cc1ccccc1C(=O)Nc1ccc2nc(SC(C)C(=O)NC(c3ccccc3)c3ccccc3)sc2c1. The van der Waals surface area contributed by atoms with Gasteiger partial charge in [0.05, 0.1) is 21.5 Å². The van der Waals surface area contributed by atoms with E-state index in [4.69, 9.17) is 4.98 Å². The Bertz CT molecular complexity index is 1530. The zero-order chi connectivity index (χ0) is 26.5. The Morgan fingerprint density at radius 3 is 2.13 bits per heavy atom. The molecule has 5 rings (SSSR count). The van der Waals surface area contributed by atoms with Crippen LogP contribution in [0.4, 0.5) is 5.69 Å². The molecule has 5 aromatic rings. The van der Waals surface area contributed by atoms with E-state index >= 15 is 0 Å². The van der Waals surface area contributed by atoms with Crippen LogP contribution in [0.15, 0.2) is 107 Å². The lowest BCUT2D eigenvalue weighted by atomic mass is 9.98. The van der Waals surface area contributed by atoms with Gasteiger partial charge in [-0.25, -0.2) is 4.98 Å². The van der Waals surface area contributed by atoms with Gasteiger partial charge in [-0.15, -0.1) is 11.3 Å². The fourth-order valence-corrected chi connectivity index (χ4v) is 6.43. The number of thioether (sulfide) groups is 1. The molecule has 0 saturated heterocycles.